The van der Waals surface area contributed by atoms with E-state index in [1.165, 1.54) is 5.56 Å². The number of rotatable bonds is 7. The highest BCUT2D eigenvalue weighted by molar-refractivity contribution is 6.39. The standard InChI is InChI=1S/C31H34Cl2N2O3/c1-31(2,3)20-9-11-21(12-10-20)34-30(36)26-18-13-19(26)15-22(14-18)37-16-23-28(35-38-29(23)17-7-8-17)27-24(32)5-4-6-25(27)33/h4-6,9-12,17-19,22,26H,7-8,13-16H2,1-3H3,(H,34,36). The maximum atomic E-state index is 13.1. The Balaban J connectivity index is 1.10. The molecule has 0 spiro atoms. The van der Waals surface area contributed by atoms with Crippen LogP contribution in [0.3, 0.4) is 0 Å². The molecule has 2 unspecified atom stereocenters. The summed E-state index contributed by atoms with van der Waals surface area (Å²) < 4.78 is 12.2. The highest BCUT2D eigenvalue weighted by Gasteiger charge is 2.51. The Morgan fingerprint density at radius 3 is 2.29 bits per heavy atom. The van der Waals surface area contributed by atoms with Crippen molar-refractivity contribution >= 4 is 34.8 Å². The Morgan fingerprint density at radius 2 is 1.68 bits per heavy atom. The Morgan fingerprint density at radius 1 is 1.03 bits per heavy atom. The van der Waals surface area contributed by atoms with Gasteiger partial charge in [-0.2, -0.15) is 0 Å². The first-order valence-corrected chi connectivity index (χ1v) is 14.4. The number of ether oxygens (including phenoxy) is 1. The zero-order chi connectivity index (χ0) is 26.6. The molecule has 7 rings (SSSR count). The Labute approximate surface area is 234 Å². The van der Waals surface area contributed by atoms with Gasteiger partial charge in [-0.1, -0.05) is 67.3 Å². The highest BCUT2D eigenvalue weighted by Crippen LogP contribution is 2.52. The summed E-state index contributed by atoms with van der Waals surface area (Å²) in [6.07, 6.45) is 5.20. The van der Waals surface area contributed by atoms with Gasteiger partial charge in [-0.3, -0.25) is 4.79 Å². The molecule has 4 aliphatic rings. The number of amides is 1. The van der Waals surface area contributed by atoms with Gasteiger partial charge in [0.1, 0.15) is 11.5 Å². The van der Waals surface area contributed by atoms with Gasteiger partial charge in [-0.15, -0.1) is 0 Å². The van der Waals surface area contributed by atoms with Crippen LogP contribution in [0, 0.1) is 17.8 Å². The van der Waals surface area contributed by atoms with Crippen LogP contribution < -0.4 is 5.32 Å². The second-order valence-corrected chi connectivity index (χ2v) is 13.1. The SMILES string of the molecule is CC(C)(C)c1ccc(NC(=O)C2C3CC(OCc4c(-c5c(Cl)cccc5Cl)noc4C4CC4)CC2C3)cc1. The van der Waals surface area contributed by atoms with Crippen molar-refractivity contribution in [2.75, 3.05) is 5.32 Å². The Hall–Kier alpha value is -2.34. The molecule has 2 aromatic carbocycles. The summed E-state index contributed by atoms with van der Waals surface area (Å²) in [4.78, 5) is 13.1. The molecule has 2 atom stereocenters. The summed E-state index contributed by atoms with van der Waals surface area (Å²) >= 11 is 13.0. The fraction of sp³-hybridized carbons (Fsp3) is 0.484. The van der Waals surface area contributed by atoms with Crippen molar-refractivity contribution in [2.45, 2.75) is 76.9 Å². The number of hydrogen-bond donors (Lipinski definition) is 1. The average Bonchev–Trinajstić information content (AvgIpc) is 3.62. The first-order valence-electron chi connectivity index (χ1n) is 13.6. The molecule has 38 heavy (non-hydrogen) atoms. The number of hydrogen-bond acceptors (Lipinski definition) is 4. The van der Waals surface area contributed by atoms with Gasteiger partial charge in [0.05, 0.1) is 22.8 Å². The third-order valence-corrected chi connectivity index (χ3v) is 9.13. The van der Waals surface area contributed by atoms with Crippen molar-refractivity contribution in [3.05, 3.63) is 69.4 Å². The smallest absolute Gasteiger partial charge is 0.228 e. The molecule has 4 saturated carbocycles. The van der Waals surface area contributed by atoms with Gasteiger partial charge in [0.15, 0.2) is 0 Å². The zero-order valence-corrected chi connectivity index (χ0v) is 23.6. The second kappa shape index (κ2) is 10.0. The lowest BCUT2D eigenvalue weighted by Gasteiger charge is -2.51. The fourth-order valence-corrected chi connectivity index (χ4v) is 6.80. The second-order valence-electron chi connectivity index (χ2n) is 12.2. The van der Waals surface area contributed by atoms with Gasteiger partial charge < -0.3 is 14.6 Å². The highest BCUT2D eigenvalue weighted by atomic mass is 35.5. The quantitative estimate of drug-likeness (QED) is 0.319. The molecule has 1 N–H and O–H groups in total. The number of aromatic nitrogens is 1. The maximum absolute atomic E-state index is 13.1. The van der Waals surface area contributed by atoms with Gasteiger partial charge in [0.25, 0.3) is 0 Å². The molecular weight excluding hydrogens is 519 g/mol. The topological polar surface area (TPSA) is 64.4 Å². The Kier molecular flexibility index (Phi) is 6.82. The molecule has 5 nitrogen and oxygen atoms in total. The molecule has 1 amide bonds. The molecule has 2 bridgehead atoms. The van der Waals surface area contributed by atoms with Crippen LogP contribution in [0.2, 0.25) is 10.0 Å². The maximum Gasteiger partial charge on any atom is 0.228 e. The summed E-state index contributed by atoms with van der Waals surface area (Å²) in [7, 11) is 0. The van der Waals surface area contributed by atoms with Crippen LogP contribution in [-0.4, -0.2) is 17.2 Å². The van der Waals surface area contributed by atoms with Crippen LogP contribution in [0.15, 0.2) is 47.0 Å². The van der Waals surface area contributed by atoms with Gasteiger partial charge in [0, 0.05) is 28.7 Å². The number of benzene rings is 2. The van der Waals surface area contributed by atoms with Crippen molar-refractivity contribution in [3.63, 3.8) is 0 Å². The van der Waals surface area contributed by atoms with Crippen LogP contribution in [0.1, 0.15) is 75.7 Å². The number of nitrogens with zero attached hydrogens (tertiary/aromatic N) is 1. The van der Waals surface area contributed by atoms with Gasteiger partial charge in [-0.05, 0) is 79.2 Å². The Bertz CT molecular complexity index is 1310. The van der Waals surface area contributed by atoms with Crippen LogP contribution in [0.4, 0.5) is 5.69 Å². The molecule has 0 saturated heterocycles. The minimum Gasteiger partial charge on any atom is -0.373 e. The summed E-state index contributed by atoms with van der Waals surface area (Å²) in [5.41, 5.74) is 4.55. The average molecular weight is 554 g/mol. The molecule has 4 fully saturated rings. The molecule has 7 heteroatoms. The fourth-order valence-electron chi connectivity index (χ4n) is 6.22. The molecule has 4 aliphatic carbocycles. The number of halogens is 2. The van der Waals surface area contributed by atoms with Crippen LogP contribution in [0.5, 0.6) is 0 Å². The number of nitrogens with one attached hydrogen (secondary N) is 1. The lowest BCUT2D eigenvalue weighted by atomic mass is 9.56. The van der Waals surface area contributed by atoms with Crippen molar-refractivity contribution < 1.29 is 14.1 Å². The molecular formula is C31H34Cl2N2O3. The van der Waals surface area contributed by atoms with E-state index in [-0.39, 0.29) is 23.3 Å². The number of carbonyl (C=O) groups is 1. The molecule has 200 valence electrons. The van der Waals surface area contributed by atoms with E-state index in [1.807, 2.05) is 30.3 Å². The van der Waals surface area contributed by atoms with E-state index in [9.17, 15) is 4.79 Å². The van der Waals surface area contributed by atoms with E-state index in [4.69, 9.17) is 32.5 Å². The molecule has 0 aliphatic heterocycles. The lowest BCUT2D eigenvalue weighted by Crippen LogP contribution is -2.51. The molecule has 3 aromatic rings. The third kappa shape index (κ3) is 5.01. The molecule has 1 heterocycles. The molecule has 1 aromatic heterocycles. The number of carbonyl (C=O) groups excluding carboxylic acids is 1. The van der Waals surface area contributed by atoms with Crippen molar-refractivity contribution in [3.8, 4) is 11.3 Å². The van der Waals surface area contributed by atoms with E-state index in [0.717, 1.165) is 49.1 Å². The van der Waals surface area contributed by atoms with Crippen LogP contribution in [-0.2, 0) is 21.6 Å². The summed E-state index contributed by atoms with van der Waals surface area (Å²) in [6.45, 7) is 6.99. The van der Waals surface area contributed by atoms with Crippen LogP contribution in [0.25, 0.3) is 11.3 Å². The van der Waals surface area contributed by atoms with E-state index in [2.05, 4.69) is 43.4 Å². The first-order chi connectivity index (χ1) is 18.2. The minimum atomic E-state index is 0.0623. The largest absolute Gasteiger partial charge is 0.373 e. The third-order valence-electron chi connectivity index (χ3n) is 8.50. The normalized spacial score (nSPS) is 24.7. The zero-order valence-electron chi connectivity index (χ0n) is 22.1. The lowest BCUT2D eigenvalue weighted by molar-refractivity contribution is -0.142. The number of anilines is 1. The monoisotopic (exact) mass is 552 g/mol. The van der Waals surface area contributed by atoms with E-state index < -0.39 is 0 Å². The van der Waals surface area contributed by atoms with Crippen molar-refractivity contribution in [1.29, 1.82) is 0 Å². The summed E-state index contributed by atoms with van der Waals surface area (Å²) in [6, 6.07) is 13.7. The van der Waals surface area contributed by atoms with Crippen molar-refractivity contribution in [2.24, 2.45) is 17.8 Å². The minimum absolute atomic E-state index is 0.0623. The first kappa shape index (κ1) is 25.9. The predicted octanol–water partition coefficient (Wildman–Crippen LogP) is 8.39. The summed E-state index contributed by atoms with van der Waals surface area (Å²) in [5, 5.41) is 8.63. The van der Waals surface area contributed by atoms with E-state index in [0.29, 0.717) is 45.7 Å². The summed E-state index contributed by atoms with van der Waals surface area (Å²) in [5.74, 6) is 2.20. The van der Waals surface area contributed by atoms with E-state index in [1.54, 1.807) is 0 Å². The van der Waals surface area contributed by atoms with Crippen molar-refractivity contribution in [1.82, 2.24) is 5.16 Å². The van der Waals surface area contributed by atoms with Gasteiger partial charge in [0.2, 0.25) is 5.91 Å². The van der Waals surface area contributed by atoms with Gasteiger partial charge >= 0.3 is 0 Å². The van der Waals surface area contributed by atoms with Gasteiger partial charge in [-0.25, -0.2) is 0 Å². The number of fused-ring (bicyclic) bond motifs is 2. The predicted molar refractivity (Wildman–Crippen MR) is 151 cm³/mol. The van der Waals surface area contributed by atoms with E-state index >= 15 is 0 Å². The van der Waals surface area contributed by atoms with Crippen LogP contribution >= 0.6 is 23.2 Å². The molecule has 0 radical (unpaired) electrons.